The number of nitrogens with one attached hydrogen (secondary N) is 1. The predicted molar refractivity (Wildman–Crippen MR) is 70.8 cm³/mol. The second-order valence-corrected chi connectivity index (χ2v) is 5.12. The zero-order chi connectivity index (χ0) is 11.4. The van der Waals surface area contributed by atoms with Gasteiger partial charge in [0.1, 0.15) is 0 Å². The van der Waals surface area contributed by atoms with Gasteiger partial charge in [-0.2, -0.15) is 0 Å². The van der Waals surface area contributed by atoms with Crippen molar-refractivity contribution in [2.75, 3.05) is 0 Å². The topological polar surface area (TPSA) is 12.0 Å². The number of hydrogen-bond donors (Lipinski definition) is 1. The number of rotatable bonds is 4. The Hall–Kier alpha value is -1.12. The van der Waals surface area contributed by atoms with Gasteiger partial charge in [0.25, 0.3) is 0 Å². The van der Waals surface area contributed by atoms with Gasteiger partial charge < -0.3 is 5.32 Å². The van der Waals surface area contributed by atoms with Crippen LogP contribution in [-0.4, -0.2) is 0 Å². The van der Waals surface area contributed by atoms with Gasteiger partial charge >= 0.3 is 0 Å². The van der Waals surface area contributed by atoms with E-state index >= 15 is 0 Å². The molecule has 1 nitrogen and oxygen atoms in total. The largest absolute Gasteiger partial charge is 0.305 e. The van der Waals surface area contributed by atoms with Gasteiger partial charge in [-0.05, 0) is 30.9 Å². The van der Waals surface area contributed by atoms with Gasteiger partial charge in [-0.1, -0.05) is 35.9 Å². The van der Waals surface area contributed by atoms with Crippen molar-refractivity contribution in [1.82, 2.24) is 5.32 Å². The first-order valence-corrected chi connectivity index (χ1v) is 6.46. The van der Waals surface area contributed by atoms with Crippen LogP contribution in [0.5, 0.6) is 0 Å². The third-order valence-corrected chi connectivity index (χ3v) is 3.62. The summed E-state index contributed by atoms with van der Waals surface area (Å²) in [6.45, 7) is 5.28. The second-order valence-electron chi connectivity index (χ2n) is 4.09. The first-order chi connectivity index (χ1) is 7.75. The maximum atomic E-state index is 3.53. The summed E-state index contributed by atoms with van der Waals surface area (Å²) in [5.74, 6) is 0. The Bertz CT molecular complexity index is 417. The van der Waals surface area contributed by atoms with E-state index in [2.05, 4.69) is 60.9 Å². The molecule has 2 rings (SSSR count). The highest BCUT2D eigenvalue weighted by molar-refractivity contribution is 7.09. The van der Waals surface area contributed by atoms with Crippen molar-refractivity contribution in [2.45, 2.75) is 26.4 Å². The van der Waals surface area contributed by atoms with Crippen molar-refractivity contribution in [3.05, 3.63) is 57.8 Å². The van der Waals surface area contributed by atoms with Gasteiger partial charge in [-0.3, -0.25) is 0 Å². The zero-order valence-corrected chi connectivity index (χ0v) is 10.6. The van der Waals surface area contributed by atoms with Crippen molar-refractivity contribution in [2.24, 2.45) is 0 Å². The Morgan fingerprint density at radius 1 is 1.19 bits per heavy atom. The van der Waals surface area contributed by atoms with Crippen LogP contribution in [0.3, 0.4) is 0 Å². The maximum Gasteiger partial charge on any atom is 0.0305 e. The van der Waals surface area contributed by atoms with Gasteiger partial charge in [0.05, 0.1) is 0 Å². The molecule has 1 aromatic carbocycles. The predicted octanol–water partition coefficient (Wildman–Crippen LogP) is 3.91. The summed E-state index contributed by atoms with van der Waals surface area (Å²) in [5.41, 5.74) is 2.66. The second kappa shape index (κ2) is 5.28. The lowest BCUT2D eigenvalue weighted by atomic mass is 10.1. The molecule has 1 atom stereocenters. The number of aryl methyl sites for hydroxylation is 1. The molecule has 2 heteroatoms. The van der Waals surface area contributed by atoms with Crippen LogP contribution in [0.4, 0.5) is 0 Å². The van der Waals surface area contributed by atoms with Crippen molar-refractivity contribution in [3.8, 4) is 0 Å². The van der Waals surface area contributed by atoms with Gasteiger partial charge in [-0.25, -0.2) is 0 Å². The van der Waals surface area contributed by atoms with E-state index in [1.54, 1.807) is 11.3 Å². The summed E-state index contributed by atoms with van der Waals surface area (Å²) in [5, 5.41) is 5.65. The molecule has 0 fully saturated rings. The van der Waals surface area contributed by atoms with E-state index in [1.807, 2.05) is 0 Å². The molecule has 1 aromatic heterocycles. The van der Waals surface area contributed by atoms with Crippen molar-refractivity contribution < 1.29 is 0 Å². The molecule has 0 spiro atoms. The van der Waals surface area contributed by atoms with E-state index in [0.29, 0.717) is 6.04 Å². The summed E-state index contributed by atoms with van der Waals surface area (Å²) in [7, 11) is 0. The minimum absolute atomic E-state index is 0.405. The molecule has 1 N–H and O–H groups in total. The van der Waals surface area contributed by atoms with Crippen molar-refractivity contribution in [1.29, 1.82) is 0 Å². The Kier molecular flexibility index (Phi) is 3.75. The molecule has 84 valence electrons. The van der Waals surface area contributed by atoms with E-state index in [9.17, 15) is 0 Å². The Morgan fingerprint density at radius 2 is 1.94 bits per heavy atom. The summed E-state index contributed by atoms with van der Waals surface area (Å²) in [6.07, 6.45) is 0. The van der Waals surface area contributed by atoms with Gasteiger partial charge in [-0.15, -0.1) is 11.3 Å². The molecule has 16 heavy (non-hydrogen) atoms. The van der Waals surface area contributed by atoms with Crippen LogP contribution in [0, 0.1) is 6.92 Å². The SMILES string of the molecule is Cc1ccc(C(C)NCc2cccs2)cc1. The lowest BCUT2D eigenvalue weighted by molar-refractivity contribution is 0.579. The minimum Gasteiger partial charge on any atom is -0.305 e. The molecule has 0 bridgehead atoms. The fourth-order valence-corrected chi connectivity index (χ4v) is 2.30. The molecule has 2 aromatic rings. The van der Waals surface area contributed by atoms with Crippen LogP contribution in [0.25, 0.3) is 0 Å². The average Bonchev–Trinajstić information content (AvgIpc) is 2.80. The Balaban J connectivity index is 1.93. The first kappa shape index (κ1) is 11.4. The van der Waals surface area contributed by atoms with Crippen LogP contribution < -0.4 is 5.32 Å². The molecule has 0 radical (unpaired) electrons. The Labute approximate surface area is 101 Å². The van der Waals surface area contributed by atoms with E-state index in [1.165, 1.54) is 16.0 Å². The number of hydrogen-bond acceptors (Lipinski definition) is 2. The minimum atomic E-state index is 0.405. The van der Waals surface area contributed by atoms with Crippen molar-refractivity contribution >= 4 is 11.3 Å². The van der Waals surface area contributed by atoms with Crippen molar-refractivity contribution in [3.63, 3.8) is 0 Å². The molecule has 1 heterocycles. The molecular weight excluding hydrogens is 214 g/mol. The van der Waals surface area contributed by atoms with Gasteiger partial charge in [0.15, 0.2) is 0 Å². The standard InChI is InChI=1S/C14H17NS/c1-11-5-7-13(8-6-11)12(2)15-10-14-4-3-9-16-14/h3-9,12,15H,10H2,1-2H3. The third-order valence-electron chi connectivity index (χ3n) is 2.74. The Morgan fingerprint density at radius 3 is 2.56 bits per heavy atom. The summed E-state index contributed by atoms with van der Waals surface area (Å²) >= 11 is 1.80. The molecule has 0 saturated heterocycles. The summed E-state index contributed by atoms with van der Waals surface area (Å²) < 4.78 is 0. The van der Waals surface area contributed by atoms with E-state index in [0.717, 1.165) is 6.54 Å². The molecule has 0 amide bonds. The van der Waals surface area contributed by atoms with E-state index < -0.39 is 0 Å². The van der Waals surface area contributed by atoms with Crippen LogP contribution in [0.1, 0.15) is 29.0 Å². The maximum absolute atomic E-state index is 3.53. The number of thiophene rings is 1. The highest BCUT2D eigenvalue weighted by Gasteiger charge is 2.04. The molecule has 0 aliphatic heterocycles. The molecule has 0 saturated carbocycles. The molecular formula is C14H17NS. The summed E-state index contributed by atoms with van der Waals surface area (Å²) in [4.78, 5) is 1.39. The van der Waals surface area contributed by atoms with Crippen LogP contribution in [0.15, 0.2) is 41.8 Å². The van der Waals surface area contributed by atoms with Gasteiger partial charge in [0, 0.05) is 17.5 Å². The highest BCUT2D eigenvalue weighted by Crippen LogP contribution is 2.15. The smallest absolute Gasteiger partial charge is 0.0305 e. The quantitative estimate of drug-likeness (QED) is 0.841. The number of benzene rings is 1. The first-order valence-electron chi connectivity index (χ1n) is 5.58. The van der Waals surface area contributed by atoms with E-state index in [-0.39, 0.29) is 0 Å². The van der Waals surface area contributed by atoms with Gasteiger partial charge in [0.2, 0.25) is 0 Å². The third kappa shape index (κ3) is 2.94. The van der Waals surface area contributed by atoms with E-state index in [4.69, 9.17) is 0 Å². The average molecular weight is 231 g/mol. The summed E-state index contributed by atoms with van der Waals surface area (Å²) in [6, 6.07) is 13.4. The van der Waals surface area contributed by atoms with Crippen LogP contribution in [0.2, 0.25) is 0 Å². The monoisotopic (exact) mass is 231 g/mol. The van der Waals surface area contributed by atoms with Crippen LogP contribution in [-0.2, 0) is 6.54 Å². The molecule has 1 unspecified atom stereocenters. The normalized spacial score (nSPS) is 12.6. The molecule has 0 aliphatic rings. The fraction of sp³-hybridized carbons (Fsp3) is 0.286. The van der Waals surface area contributed by atoms with Crippen LogP contribution >= 0.6 is 11.3 Å². The lowest BCUT2D eigenvalue weighted by Crippen LogP contribution is -2.17. The molecule has 0 aliphatic carbocycles. The zero-order valence-electron chi connectivity index (χ0n) is 9.73. The highest BCUT2D eigenvalue weighted by atomic mass is 32.1. The fourth-order valence-electron chi connectivity index (χ4n) is 1.64. The lowest BCUT2D eigenvalue weighted by Gasteiger charge is -2.13.